The molecule has 2 aromatic rings. The molecule has 0 saturated heterocycles. The van der Waals surface area contributed by atoms with Crippen LogP contribution in [-0.4, -0.2) is 18.4 Å². The molecule has 0 atom stereocenters. The average molecular weight is 363 g/mol. The summed E-state index contributed by atoms with van der Waals surface area (Å²) in [6.07, 6.45) is 0. The number of carbonyl (C=O) groups excluding carboxylic acids is 2. The second kappa shape index (κ2) is 7.66. The van der Waals surface area contributed by atoms with Gasteiger partial charge in [-0.2, -0.15) is 0 Å². The molecule has 0 fully saturated rings. The summed E-state index contributed by atoms with van der Waals surface area (Å²) in [5.74, 6) is -1.33. The van der Waals surface area contributed by atoms with Gasteiger partial charge in [0.25, 0.3) is 5.91 Å². The molecule has 4 nitrogen and oxygen atoms in total. The van der Waals surface area contributed by atoms with E-state index in [-0.39, 0.29) is 22.9 Å². The molecule has 132 valence electrons. The minimum Gasteiger partial charge on any atom is -0.343 e. The van der Waals surface area contributed by atoms with Crippen LogP contribution in [0.4, 0.5) is 10.1 Å². The maximum atomic E-state index is 13.1. The molecule has 2 aromatic carbocycles. The Morgan fingerprint density at radius 1 is 1.08 bits per heavy atom. The van der Waals surface area contributed by atoms with Crippen molar-refractivity contribution in [3.05, 3.63) is 64.4 Å². The summed E-state index contributed by atoms with van der Waals surface area (Å²) in [6.45, 7) is 6.07. The molecule has 0 unspecified atom stereocenters. The fourth-order valence-corrected chi connectivity index (χ4v) is 2.34. The molecule has 0 aliphatic carbocycles. The smallest absolute Gasteiger partial charge is 0.251 e. The zero-order valence-electron chi connectivity index (χ0n) is 14.3. The third kappa shape index (κ3) is 5.29. The first-order valence-electron chi connectivity index (χ1n) is 7.80. The van der Waals surface area contributed by atoms with Crippen LogP contribution in [0.15, 0.2) is 42.5 Å². The summed E-state index contributed by atoms with van der Waals surface area (Å²) >= 11 is 5.65. The molecule has 25 heavy (non-hydrogen) atoms. The van der Waals surface area contributed by atoms with Crippen molar-refractivity contribution in [3.63, 3.8) is 0 Å². The minimum absolute atomic E-state index is 0.00528. The van der Waals surface area contributed by atoms with E-state index in [0.717, 1.165) is 11.6 Å². The van der Waals surface area contributed by atoms with Crippen LogP contribution in [0.25, 0.3) is 0 Å². The van der Waals surface area contributed by atoms with Gasteiger partial charge in [-0.1, -0.05) is 44.5 Å². The van der Waals surface area contributed by atoms with Crippen molar-refractivity contribution in [2.45, 2.75) is 26.2 Å². The van der Waals surface area contributed by atoms with Gasteiger partial charge in [0, 0.05) is 11.3 Å². The maximum absolute atomic E-state index is 13.1. The summed E-state index contributed by atoms with van der Waals surface area (Å²) in [6, 6.07) is 11.1. The lowest BCUT2D eigenvalue weighted by Crippen LogP contribution is -2.32. The van der Waals surface area contributed by atoms with Crippen molar-refractivity contribution in [2.75, 3.05) is 11.9 Å². The van der Waals surface area contributed by atoms with Gasteiger partial charge in [-0.15, -0.1) is 0 Å². The van der Waals surface area contributed by atoms with Crippen LogP contribution in [0.1, 0.15) is 36.7 Å². The molecule has 6 heteroatoms. The van der Waals surface area contributed by atoms with Gasteiger partial charge >= 0.3 is 0 Å². The van der Waals surface area contributed by atoms with Gasteiger partial charge in [0.2, 0.25) is 5.91 Å². The number of nitrogens with one attached hydrogen (secondary N) is 2. The largest absolute Gasteiger partial charge is 0.343 e. The van der Waals surface area contributed by atoms with E-state index >= 15 is 0 Å². The summed E-state index contributed by atoms with van der Waals surface area (Å²) in [5, 5.41) is 5.00. The Bertz CT molecular complexity index is 783. The van der Waals surface area contributed by atoms with Crippen molar-refractivity contribution in [1.82, 2.24) is 5.32 Å². The number of halogens is 2. The second-order valence-electron chi connectivity index (χ2n) is 6.69. The zero-order valence-corrected chi connectivity index (χ0v) is 15.1. The predicted octanol–water partition coefficient (Wildman–Crippen LogP) is 4.15. The monoisotopic (exact) mass is 362 g/mol. The third-order valence-corrected chi connectivity index (χ3v) is 3.92. The highest BCUT2D eigenvalue weighted by Gasteiger charge is 2.14. The number of hydrogen-bond acceptors (Lipinski definition) is 2. The number of rotatable bonds is 4. The van der Waals surface area contributed by atoms with Gasteiger partial charge in [0.05, 0.1) is 11.6 Å². The van der Waals surface area contributed by atoms with Crippen molar-refractivity contribution >= 4 is 29.1 Å². The molecule has 2 amide bonds. The minimum atomic E-state index is -0.563. The molecule has 0 saturated carbocycles. The molecule has 0 aliphatic heterocycles. The summed E-state index contributed by atoms with van der Waals surface area (Å²) < 4.78 is 13.1. The lowest BCUT2D eigenvalue weighted by Gasteiger charge is -2.19. The summed E-state index contributed by atoms with van der Waals surface area (Å²) in [5.41, 5.74) is 1.96. The number of anilines is 1. The summed E-state index contributed by atoms with van der Waals surface area (Å²) in [7, 11) is 0. The van der Waals surface area contributed by atoms with Crippen molar-refractivity contribution in [2.24, 2.45) is 0 Å². The van der Waals surface area contributed by atoms with Crippen LogP contribution in [0.3, 0.4) is 0 Å². The lowest BCUT2D eigenvalue weighted by atomic mass is 9.87. The van der Waals surface area contributed by atoms with Crippen molar-refractivity contribution in [1.29, 1.82) is 0 Å². The molecular weight excluding hydrogens is 343 g/mol. The van der Waals surface area contributed by atoms with Gasteiger partial charge < -0.3 is 10.6 Å². The zero-order chi connectivity index (χ0) is 18.6. The van der Waals surface area contributed by atoms with E-state index in [1.165, 1.54) is 12.1 Å². The van der Waals surface area contributed by atoms with Crippen LogP contribution in [-0.2, 0) is 10.2 Å². The Kier molecular flexibility index (Phi) is 5.80. The van der Waals surface area contributed by atoms with E-state index in [0.29, 0.717) is 11.3 Å². The number of amides is 2. The lowest BCUT2D eigenvalue weighted by molar-refractivity contribution is -0.115. The molecular formula is C19H20ClFN2O2. The van der Waals surface area contributed by atoms with Gasteiger partial charge in [0.15, 0.2) is 0 Å². The molecule has 0 radical (unpaired) electrons. The van der Waals surface area contributed by atoms with Crippen molar-refractivity contribution in [3.8, 4) is 0 Å². The number of benzene rings is 2. The first-order chi connectivity index (χ1) is 11.7. The van der Waals surface area contributed by atoms with Crippen molar-refractivity contribution < 1.29 is 14.0 Å². The topological polar surface area (TPSA) is 58.2 Å². The van der Waals surface area contributed by atoms with Crippen LogP contribution in [0, 0.1) is 5.82 Å². The first-order valence-corrected chi connectivity index (χ1v) is 8.18. The molecule has 0 heterocycles. The number of carbonyl (C=O) groups is 2. The second-order valence-corrected chi connectivity index (χ2v) is 7.09. The Balaban J connectivity index is 1.90. The Labute approximate surface area is 151 Å². The molecule has 0 spiro atoms. The molecule has 0 aromatic heterocycles. The van der Waals surface area contributed by atoms with Gasteiger partial charge in [-0.25, -0.2) is 4.39 Å². The highest BCUT2D eigenvalue weighted by atomic mass is 35.5. The molecule has 2 rings (SSSR count). The standard InChI is InChI=1S/C19H20ClFN2O2/c1-19(2,3)13-6-4-12(5-7-13)18(25)22-11-17(24)23-14-8-9-16(21)15(20)10-14/h4-10H,11H2,1-3H3,(H,22,25)(H,23,24). The normalized spacial score (nSPS) is 11.1. The SMILES string of the molecule is CC(C)(C)c1ccc(C(=O)NCC(=O)Nc2ccc(F)c(Cl)c2)cc1. The highest BCUT2D eigenvalue weighted by molar-refractivity contribution is 6.31. The molecule has 0 bridgehead atoms. The quantitative estimate of drug-likeness (QED) is 0.858. The van der Waals surface area contributed by atoms with E-state index < -0.39 is 11.7 Å². The predicted molar refractivity (Wildman–Crippen MR) is 97.5 cm³/mol. The van der Waals surface area contributed by atoms with Crippen LogP contribution in [0.2, 0.25) is 5.02 Å². The fraction of sp³-hybridized carbons (Fsp3) is 0.263. The van der Waals surface area contributed by atoms with E-state index in [1.807, 2.05) is 12.1 Å². The van der Waals surface area contributed by atoms with Crippen LogP contribution < -0.4 is 10.6 Å². The van der Waals surface area contributed by atoms with Crippen LogP contribution >= 0.6 is 11.6 Å². The average Bonchev–Trinajstić information content (AvgIpc) is 2.55. The van der Waals surface area contributed by atoms with E-state index in [1.54, 1.807) is 12.1 Å². The Hall–Kier alpha value is -2.40. The highest BCUT2D eigenvalue weighted by Crippen LogP contribution is 2.22. The molecule has 2 N–H and O–H groups in total. The third-order valence-electron chi connectivity index (χ3n) is 3.63. The first kappa shape index (κ1) is 18.9. The summed E-state index contributed by atoms with van der Waals surface area (Å²) in [4.78, 5) is 24.0. The molecule has 0 aliphatic rings. The number of hydrogen-bond donors (Lipinski definition) is 2. The Morgan fingerprint density at radius 2 is 1.72 bits per heavy atom. The van der Waals surface area contributed by atoms with E-state index in [4.69, 9.17) is 11.6 Å². The van der Waals surface area contributed by atoms with E-state index in [2.05, 4.69) is 31.4 Å². The van der Waals surface area contributed by atoms with Gasteiger partial charge in [-0.3, -0.25) is 9.59 Å². The van der Waals surface area contributed by atoms with Gasteiger partial charge in [0.1, 0.15) is 5.82 Å². The Morgan fingerprint density at radius 3 is 2.28 bits per heavy atom. The van der Waals surface area contributed by atoms with Gasteiger partial charge in [-0.05, 0) is 41.3 Å². The van der Waals surface area contributed by atoms with E-state index in [9.17, 15) is 14.0 Å². The maximum Gasteiger partial charge on any atom is 0.251 e. The van der Waals surface area contributed by atoms with Crippen LogP contribution in [0.5, 0.6) is 0 Å². The fourth-order valence-electron chi connectivity index (χ4n) is 2.16.